The predicted octanol–water partition coefficient (Wildman–Crippen LogP) is 0.887. The molecule has 1 aromatic rings. The Balaban J connectivity index is 2.04. The fourth-order valence-electron chi connectivity index (χ4n) is 2.25. The number of ether oxygens (including phenoxy) is 1. The molecule has 122 valence electrons. The van der Waals surface area contributed by atoms with E-state index in [1.165, 1.54) is 18.2 Å². The Morgan fingerprint density at radius 1 is 1.45 bits per heavy atom. The minimum Gasteiger partial charge on any atom is -0.376 e. The third-order valence-electron chi connectivity index (χ3n) is 3.36. The van der Waals surface area contributed by atoms with E-state index < -0.39 is 28.3 Å². The molecule has 0 aliphatic carbocycles. The summed E-state index contributed by atoms with van der Waals surface area (Å²) in [5.74, 6) is -1.19. The van der Waals surface area contributed by atoms with Crippen LogP contribution in [0.3, 0.4) is 0 Å². The Hall–Kier alpha value is -1.67. The molecule has 0 bridgehead atoms. The molecule has 0 spiro atoms. The molecular weight excluding hydrogens is 311 g/mol. The monoisotopic (exact) mass is 330 g/mol. The van der Waals surface area contributed by atoms with Gasteiger partial charge >= 0.3 is 0 Å². The highest BCUT2D eigenvalue weighted by Crippen LogP contribution is 2.21. The molecule has 8 heteroatoms. The van der Waals surface area contributed by atoms with Gasteiger partial charge in [-0.2, -0.15) is 0 Å². The lowest BCUT2D eigenvalue weighted by Crippen LogP contribution is -2.42. The number of para-hydroxylation sites is 1. The summed E-state index contributed by atoms with van der Waals surface area (Å²) < 4.78 is 43.6. The SMILES string of the molecule is CS(=O)(=O)N(CC(=O)NC[C@H]1CCCO1)c1ccccc1F. The van der Waals surface area contributed by atoms with Crippen molar-refractivity contribution in [3.63, 3.8) is 0 Å². The van der Waals surface area contributed by atoms with E-state index in [2.05, 4.69) is 5.32 Å². The molecule has 0 unspecified atom stereocenters. The van der Waals surface area contributed by atoms with Crippen LogP contribution in [0.5, 0.6) is 0 Å². The topological polar surface area (TPSA) is 75.7 Å². The average molecular weight is 330 g/mol. The number of carbonyl (C=O) groups is 1. The smallest absolute Gasteiger partial charge is 0.240 e. The van der Waals surface area contributed by atoms with Crippen molar-refractivity contribution in [1.29, 1.82) is 0 Å². The molecule has 0 aromatic heterocycles. The van der Waals surface area contributed by atoms with Gasteiger partial charge in [-0.15, -0.1) is 0 Å². The second kappa shape index (κ2) is 7.06. The van der Waals surface area contributed by atoms with Crippen molar-refractivity contribution < 1.29 is 22.3 Å². The number of benzene rings is 1. The molecule has 6 nitrogen and oxygen atoms in total. The minimum absolute atomic E-state index is 0.0379. The number of hydrogen-bond donors (Lipinski definition) is 1. The summed E-state index contributed by atoms with van der Waals surface area (Å²) >= 11 is 0. The molecule has 1 aliphatic heterocycles. The molecule has 1 amide bonds. The maximum atomic E-state index is 13.8. The van der Waals surface area contributed by atoms with Crippen LogP contribution in [0.2, 0.25) is 0 Å². The van der Waals surface area contributed by atoms with Crippen molar-refractivity contribution in [2.75, 3.05) is 30.3 Å². The van der Waals surface area contributed by atoms with E-state index in [1.54, 1.807) is 0 Å². The lowest BCUT2D eigenvalue weighted by molar-refractivity contribution is -0.120. The average Bonchev–Trinajstić information content (AvgIpc) is 2.95. The van der Waals surface area contributed by atoms with Crippen LogP contribution in [0, 0.1) is 5.82 Å². The zero-order valence-corrected chi connectivity index (χ0v) is 13.1. The van der Waals surface area contributed by atoms with Gasteiger partial charge in [0.2, 0.25) is 15.9 Å². The zero-order chi connectivity index (χ0) is 16.2. The standard InChI is InChI=1S/C14H19FN2O4S/c1-22(19,20)17(13-7-3-2-6-12(13)15)10-14(18)16-9-11-5-4-8-21-11/h2-3,6-7,11H,4-5,8-10H2,1H3,(H,16,18)/t11-/m1/s1. The normalized spacial score (nSPS) is 18.2. The largest absolute Gasteiger partial charge is 0.376 e. The highest BCUT2D eigenvalue weighted by molar-refractivity contribution is 7.92. The first-order valence-corrected chi connectivity index (χ1v) is 8.83. The van der Waals surface area contributed by atoms with Gasteiger partial charge in [0.25, 0.3) is 0 Å². The molecule has 0 saturated carbocycles. The number of hydrogen-bond acceptors (Lipinski definition) is 4. The van der Waals surface area contributed by atoms with Crippen LogP contribution in [0.4, 0.5) is 10.1 Å². The Kier molecular flexibility index (Phi) is 5.36. The Morgan fingerprint density at radius 3 is 2.77 bits per heavy atom. The third-order valence-corrected chi connectivity index (χ3v) is 4.49. The van der Waals surface area contributed by atoms with Crippen LogP contribution in [-0.2, 0) is 19.6 Å². The highest BCUT2D eigenvalue weighted by atomic mass is 32.2. The first-order chi connectivity index (χ1) is 10.4. The lowest BCUT2D eigenvalue weighted by atomic mass is 10.2. The fourth-order valence-corrected chi connectivity index (χ4v) is 3.11. The minimum atomic E-state index is -3.77. The number of halogens is 1. The molecule has 2 rings (SSSR count). The zero-order valence-electron chi connectivity index (χ0n) is 12.3. The van der Waals surface area contributed by atoms with Crippen molar-refractivity contribution in [3.05, 3.63) is 30.1 Å². The number of sulfonamides is 1. The first-order valence-electron chi connectivity index (χ1n) is 6.98. The van der Waals surface area contributed by atoms with E-state index in [1.807, 2.05) is 0 Å². The molecular formula is C14H19FN2O4S. The van der Waals surface area contributed by atoms with Crippen LogP contribution >= 0.6 is 0 Å². The van der Waals surface area contributed by atoms with Crippen molar-refractivity contribution in [3.8, 4) is 0 Å². The summed E-state index contributed by atoms with van der Waals surface area (Å²) in [7, 11) is -3.77. The quantitative estimate of drug-likeness (QED) is 0.840. The van der Waals surface area contributed by atoms with E-state index >= 15 is 0 Å². The van der Waals surface area contributed by atoms with Gasteiger partial charge in [-0.3, -0.25) is 9.10 Å². The number of amides is 1. The molecule has 1 fully saturated rings. The van der Waals surface area contributed by atoms with E-state index in [-0.39, 0.29) is 11.8 Å². The summed E-state index contributed by atoms with van der Waals surface area (Å²) in [6.07, 6.45) is 2.71. The molecule has 22 heavy (non-hydrogen) atoms. The number of nitrogens with zero attached hydrogens (tertiary/aromatic N) is 1. The number of nitrogens with one attached hydrogen (secondary N) is 1. The molecule has 1 heterocycles. The predicted molar refractivity (Wildman–Crippen MR) is 80.6 cm³/mol. The highest BCUT2D eigenvalue weighted by Gasteiger charge is 2.24. The second-order valence-electron chi connectivity index (χ2n) is 5.16. The van der Waals surface area contributed by atoms with E-state index in [9.17, 15) is 17.6 Å². The van der Waals surface area contributed by atoms with Gasteiger partial charge < -0.3 is 10.1 Å². The van der Waals surface area contributed by atoms with E-state index in [0.717, 1.165) is 29.5 Å². The summed E-state index contributed by atoms with van der Waals surface area (Å²) in [5, 5.41) is 2.62. The summed E-state index contributed by atoms with van der Waals surface area (Å²) in [4.78, 5) is 11.9. The Morgan fingerprint density at radius 2 is 2.18 bits per heavy atom. The van der Waals surface area contributed by atoms with Gasteiger partial charge in [0.1, 0.15) is 12.4 Å². The third kappa shape index (κ3) is 4.41. The van der Waals surface area contributed by atoms with Crippen molar-refractivity contribution in [2.24, 2.45) is 0 Å². The van der Waals surface area contributed by atoms with Crippen LogP contribution < -0.4 is 9.62 Å². The summed E-state index contributed by atoms with van der Waals surface area (Å²) in [5.41, 5.74) is -0.141. The number of anilines is 1. The second-order valence-corrected chi connectivity index (χ2v) is 7.07. The van der Waals surface area contributed by atoms with Crippen molar-refractivity contribution >= 4 is 21.6 Å². The van der Waals surface area contributed by atoms with E-state index in [0.29, 0.717) is 13.2 Å². The molecule has 1 atom stereocenters. The Labute approximate surface area is 129 Å². The molecule has 1 aliphatic rings. The van der Waals surface area contributed by atoms with Gasteiger partial charge in [-0.05, 0) is 25.0 Å². The molecule has 1 saturated heterocycles. The number of carbonyl (C=O) groups excluding carboxylic acids is 1. The van der Waals surface area contributed by atoms with Gasteiger partial charge in [-0.25, -0.2) is 12.8 Å². The lowest BCUT2D eigenvalue weighted by Gasteiger charge is -2.22. The molecule has 1 N–H and O–H groups in total. The summed E-state index contributed by atoms with van der Waals surface area (Å²) in [6.45, 7) is 0.533. The van der Waals surface area contributed by atoms with Gasteiger partial charge in [0, 0.05) is 13.2 Å². The maximum absolute atomic E-state index is 13.8. The molecule has 1 aromatic carbocycles. The van der Waals surface area contributed by atoms with Crippen LogP contribution in [0.1, 0.15) is 12.8 Å². The van der Waals surface area contributed by atoms with Crippen LogP contribution in [0.15, 0.2) is 24.3 Å². The van der Waals surface area contributed by atoms with Crippen molar-refractivity contribution in [1.82, 2.24) is 5.32 Å². The van der Waals surface area contributed by atoms with Gasteiger partial charge in [-0.1, -0.05) is 12.1 Å². The first kappa shape index (κ1) is 16.7. The van der Waals surface area contributed by atoms with Gasteiger partial charge in [0.15, 0.2) is 0 Å². The summed E-state index contributed by atoms with van der Waals surface area (Å²) in [6, 6.07) is 5.44. The van der Waals surface area contributed by atoms with E-state index in [4.69, 9.17) is 4.74 Å². The van der Waals surface area contributed by atoms with Gasteiger partial charge in [0.05, 0.1) is 18.0 Å². The van der Waals surface area contributed by atoms with Crippen LogP contribution in [-0.4, -0.2) is 46.4 Å². The maximum Gasteiger partial charge on any atom is 0.240 e. The van der Waals surface area contributed by atoms with Crippen molar-refractivity contribution in [2.45, 2.75) is 18.9 Å². The Bertz CT molecular complexity index is 629. The van der Waals surface area contributed by atoms with Crippen LogP contribution in [0.25, 0.3) is 0 Å². The molecule has 0 radical (unpaired) electrons. The number of rotatable bonds is 6. The fraction of sp³-hybridized carbons (Fsp3) is 0.500.